The van der Waals surface area contributed by atoms with Crippen molar-refractivity contribution >= 4 is 0 Å². The minimum Gasteiger partial charge on any atom is -0.271 e. The second-order valence-electron chi connectivity index (χ2n) is 7.28. The minimum absolute atomic E-state index is 0.603. The Balaban J connectivity index is 1.63. The van der Waals surface area contributed by atoms with Crippen LogP contribution in [0.4, 0.5) is 0 Å². The average molecular weight is 250 g/mol. The highest BCUT2D eigenvalue weighted by Crippen LogP contribution is 2.57. The van der Waals surface area contributed by atoms with Crippen LogP contribution in [0.15, 0.2) is 0 Å². The second-order valence-corrected chi connectivity index (χ2v) is 7.28. The molecule has 0 aromatic heterocycles. The molecule has 4 fully saturated rings. The fourth-order valence-corrected chi connectivity index (χ4v) is 5.63. The van der Waals surface area contributed by atoms with E-state index in [2.05, 4.69) is 12.3 Å². The van der Waals surface area contributed by atoms with Gasteiger partial charge in [0.15, 0.2) is 0 Å². The lowest BCUT2D eigenvalue weighted by Gasteiger charge is -2.56. The first-order chi connectivity index (χ1) is 8.81. The van der Waals surface area contributed by atoms with E-state index in [1.165, 1.54) is 51.4 Å². The summed E-state index contributed by atoms with van der Waals surface area (Å²) < 4.78 is 0. The Bertz CT molecular complexity index is 248. The first-order valence-electron chi connectivity index (χ1n) is 8.28. The molecule has 4 bridgehead atoms. The first kappa shape index (κ1) is 12.9. The Labute approximate surface area is 112 Å². The highest BCUT2D eigenvalue weighted by molar-refractivity contribution is 5.01. The van der Waals surface area contributed by atoms with Crippen LogP contribution in [0.1, 0.15) is 64.7 Å². The van der Waals surface area contributed by atoms with E-state index in [1.807, 2.05) is 0 Å². The van der Waals surface area contributed by atoms with Gasteiger partial charge in [0.1, 0.15) is 0 Å². The Kier molecular flexibility index (Phi) is 3.95. The molecule has 18 heavy (non-hydrogen) atoms. The van der Waals surface area contributed by atoms with E-state index in [9.17, 15) is 0 Å². The van der Waals surface area contributed by atoms with Gasteiger partial charge in [-0.3, -0.25) is 11.3 Å². The third kappa shape index (κ3) is 2.34. The molecular formula is C16H30N2. The summed E-state index contributed by atoms with van der Waals surface area (Å²) in [6, 6.07) is 0.603. The molecule has 0 amide bonds. The third-order valence-electron chi connectivity index (χ3n) is 6.10. The monoisotopic (exact) mass is 250 g/mol. The number of unbranched alkanes of at least 4 members (excludes halogenated alkanes) is 2. The Hall–Kier alpha value is -0.0800. The number of hydrogen-bond donors (Lipinski definition) is 2. The highest BCUT2D eigenvalue weighted by Gasteiger charge is 2.50. The molecule has 2 nitrogen and oxygen atoms in total. The highest BCUT2D eigenvalue weighted by atomic mass is 15.2. The van der Waals surface area contributed by atoms with Gasteiger partial charge < -0.3 is 0 Å². The van der Waals surface area contributed by atoms with Crippen LogP contribution in [0, 0.1) is 29.6 Å². The van der Waals surface area contributed by atoms with E-state index in [0.717, 1.165) is 29.6 Å². The Morgan fingerprint density at radius 1 is 1.00 bits per heavy atom. The largest absolute Gasteiger partial charge is 0.271 e. The molecule has 0 aliphatic heterocycles. The Morgan fingerprint density at radius 3 is 2.11 bits per heavy atom. The van der Waals surface area contributed by atoms with Gasteiger partial charge >= 0.3 is 0 Å². The van der Waals surface area contributed by atoms with Crippen molar-refractivity contribution < 1.29 is 0 Å². The molecule has 4 rings (SSSR count). The normalized spacial score (nSPS) is 43.3. The van der Waals surface area contributed by atoms with Crippen LogP contribution < -0.4 is 11.3 Å². The van der Waals surface area contributed by atoms with Crippen LogP contribution >= 0.6 is 0 Å². The zero-order valence-corrected chi connectivity index (χ0v) is 11.9. The number of nitrogens with two attached hydrogens (primary N) is 1. The maximum atomic E-state index is 5.88. The molecule has 4 saturated carbocycles. The van der Waals surface area contributed by atoms with Gasteiger partial charge in [0.25, 0.3) is 0 Å². The molecule has 0 aromatic rings. The van der Waals surface area contributed by atoms with Gasteiger partial charge in [-0.25, -0.2) is 0 Å². The molecule has 0 heterocycles. The van der Waals surface area contributed by atoms with Crippen molar-refractivity contribution in [3.05, 3.63) is 0 Å². The van der Waals surface area contributed by atoms with Crippen molar-refractivity contribution in [1.82, 2.24) is 5.43 Å². The van der Waals surface area contributed by atoms with Crippen molar-refractivity contribution in [3.8, 4) is 0 Å². The molecule has 0 radical (unpaired) electrons. The minimum atomic E-state index is 0.603. The number of nitrogens with one attached hydrogen (secondary N) is 1. The maximum Gasteiger partial charge on any atom is 0.0244 e. The van der Waals surface area contributed by atoms with Crippen LogP contribution in [-0.4, -0.2) is 6.04 Å². The van der Waals surface area contributed by atoms with Gasteiger partial charge in [-0.2, -0.15) is 0 Å². The van der Waals surface area contributed by atoms with Gasteiger partial charge in [-0.15, -0.1) is 0 Å². The number of hydrazine groups is 1. The lowest BCUT2D eigenvalue weighted by atomic mass is 9.50. The topological polar surface area (TPSA) is 38.0 Å². The van der Waals surface area contributed by atoms with Crippen molar-refractivity contribution in [3.63, 3.8) is 0 Å². The van der Waals surface area contributed by atoms with Gasteiger partial charge in [0.05, 0.1) is 0 Å². The first-order valence-corrected chi connectivity index (χ1v) is 8.28. The summed E-state index contributed by atoms with van der Waals surface area (Å²) in [4.78, 5) is 0. The number of hydrogen-bond acceptors (Lipinski definition) is 2. The summed E-state index contributed by atoms with van der Waals surface area (Å²) in [5.41, 5.74) is 3.19. The maximum absolute atomic E-state index is 5.88. The van der Waals surface area contributed by atoms with Crippen molar-refractivity contribution in [2.24, 2.45) is 35.4 Å². The molecule has 0 saturated heterocycles. The van der Waals surface area contributed by atoms with Gasteiger partial charge in [-0.1, -0.05) is 26.2 Å². The number of rotatable bonds is 6. The quantitative estimate of drug-likeness (QED) is 0.430. The summed E-state index contributed by atoms with van der Waals surface area (Å²) in [5, 5.41) is 0. The summed E-state index contributed by atoms with van der Waals surface area (Å²) in [6.45, 7) is 2.29. The van der Waals surface area contributed by atoms with E-state index in [4.69, 9.17) is 5.84 Å². The zero-order valence-electron chi connectivity index (χ0n) is 11.9. The van der Waals surface area contributed by atoms with E-state index in [1.54, 1.807) is 6.42 Å². The molecule has 2 heteroatoms. The fraction of sp³-hybridized carbons (Fsp3) is 1.00. The second kappa shape index (κ2) is 5.50. The lowest BCUT2D eigenvalue weighted by molar-refractivity contribution is -0.0532. The molecular weight excluding hydrogens is 220 g/mol. The predicted molar refractivity (Wildman–Crippen MR) is 75.8 cm³/mol. The lowest BCUT2D eigenvalue weighted by Crippen LogP contribution is -2.54. The fourth-order valence-electron chi connectivity index (χ4n) is 5.63. The van der Waals surface area contributed by atoms with E-state index in [-0.39, 0.29) is 0 Å². The predicted octanol–water partition coefficient (Wildman–Crippen LogP) is 3.47. The summed E-state index contributed by atoms with van der Waals surface area (Å²) in [7, 11) is 0. The van der Waals surface area contributed by atoms with Crippen molar-refractivity contribution in [2.75, 3.05) is 0 Å². The smallest absolute Gasteiger partial charge is 0.0244 e. The molecule has 0 spiro atoms. The molecule has 104 valence electrons. The molecule has 4 aliphatic carbocycles. The summed E-state index contributed by atoms with van der Waals surface area (Å²) in [5.74, 6) is 11.0. The standard InChI is InChI=1S/C16H30N2/c1-2-3-4-5-15(18-17)16-13-7-11-6-12(9-13)10-14(16)8-11/h11-16,18H,2-10,17H2,1H3. The molecule has 0 aromatic carbocycles. The van der Waals surface area contributed by atoms with Crippen LogP contribution in [0.2, 0.25) is 0 Å². The van der Waals surface area contributed by atoms with Crippen LogP contribution in [0.3, 0.4) is 0 Å². The van der Waals surface area contributed by atoms with Crippen molar-refractivity contribution in [2.45, 2.75) is 70.8 Å². The molecule has 1 unspecified atom stereocenters. The van der Waals surface area contributed by atoms with Gasteiger partial charge in [0.2, 0.25) is 0 Å². The van der Waals surface area contributed by atoms with Gasteiger partial charge in [-0.05, 0) is 68.1 Å². The van der Waals surface area contributed by atoms with E-state index in [0.29, 0.717) is 6.04 Å². The Morgan fingerprint density at radius 2 is 1.61 bits per heavy atom. The summed E-state index contributed by atoms with van der Waals surface area (Å²) in [6.07, 6.45) is 13.0. The zero-order chi connectivity index (χ0) is 12.5. The van der Waals surface area contributed by atoms with Crippen molar-refractivity contribution in [1.29, 1.82) is 0 Å². The third-order valence-corrected chi connectivity index (χ3v) is 6.10. The van der Waals surface area contributed by atoms with E-state index < -0.39 is 0 Å². The van der Waals surface area contributed by atoms with Crippen LogP contribution in [0.25, 0.3) is 0 Å². The van der Waals surface area contributed by atoms with Crippen LogP contribution in [0.5, 0.6) is 0 Å². The van der Waals surface area contributed by atoms with Gasteiger partial charge in [0, 0.05) is 6.04 Å². The van der Waals surface area contributed by atoms with E-state index >= 15 is 0 Å². The molecule has 1 atom stereocenters. The summed E-state index contributed by atoms with van der Waals surface area (Å²) >= 11 is 0. The molecule has 4 aliphatic rings. The molecule has 3 N–H and O–H groups in total. The van der Waals surface area contributed by atoms with Crippen LogP contribution in [-0.2, 0) is 0 Å². The SMILES string of the molecule is CCCCCC(NN)C1C2CC3CC(C2)CC1C3. The average Bonchev–Trinajstić information content (AvgIpc) is 2.35.